The molecule has 140 valence electrons. The molecule has 27 heavy (non-hydrogen) atoms. The number of thiophene rings is 1. The number of carbonyl (C=O) groups is 1. The molecule has 0 fully saturated rings. The van der Waals surface area contributed by atoms with E-state index >= 15 is 0 Å². The van der Waals surface area contributed by atoms with Gasteiger partial charge in [-0.25, -0.2) is 4.98 Å². The van der Waals surface area contributed by atoms with E-state index in [4.69, 9.17) is 0 Å². The summed E-state index contributed by atoms with van der Waals surface area (Å²) in [6, 6.07) is 7.09. The molecule has 4 rings (SSSR count). The minimum absolute atomic E-state index is 0.0920. The molecule has 1 N–H and O–H groups in total. The highest BCUT2D eigenvalue weighted by molar-refractivity contribution is 7.18. The molecular formula is C21H23N3O2S. The second-order valence-corrected chi connectivity index (χ2v) is 8.21. The van der Waals surface area contributed by atoms with Crippen molar-refractivity contribution >= 4 is 33.1 Å². The first kappa shape index (κ1) is 17.9. The van der Waals surface area contributed by atoms with Crippen molar-refractivity contribution in [2.75, 3.05) is 5.32 Å². The van der Waals surface area contributed by atoms with Crippen LogP contribution in [0.1, 0.15) is 48.2 Å². The second-order valence-electron chi connectivity index (χ2n) is 7.13. The van der Waals surface area contributed by atoms with E-state index in [0.29, 0.717) is 6.42 Å². The number of nitrogens with zero attached hydrogens (tertiary/aromatic N) is 2. The van der Waals surface area contributed by atoms with Crippen molar-refractivity contribution in [2.24, 2.45) is 0 Å². The molecule has 0 saturated heterocycles. The lowest BCUT2D eigenvalue weighted by Gasteiger charge is -2.18. The molecule has 1 aliphatic rings. The summed E-state index contributed by atoms with van der Waals surface area (Å²) in [6.07, 6.45) is 6.31. The second kappa shape index (κ2) is 7.27. The fraction of sp³-hybridized carbons (Fsp3) is 0.381. The van der Waals surface area contributed by atoms with Crippen LogP contribution in [0.2, 0.25) is 0 Å². The van der Waals surface area contributed by atoms with Gasteiger partial charge >= 0.3 is 0 Å². The van der Waals surface area contributed by atoms with E-state index < -0.39 is 6.04 Å². The number of benzene rings is 1. The SMILES string of the molecule is CCC(C(=O)Nc1cccc(C)c1)n1cnc2sc3c(c2c1=O)CCCC3. The topological polar surface area (TPSA) is 64.0 Å². The normalized spacial score (nSPS) is 14.7. The first-order valence-corrected chi connectivity index (χ1v) is 10.3. The molecule has 0 radical (unpaired) electrons. The number of fused-ring (bicyclic) bond motifs is 3. The lowest BCUT2D eigenvalue weighted by atomic mass is 9.97. The van der Waals surface area contributed by atoms with Crippen LogP contribution in [0.15, 0.2) is 35.4 Å². The zero-order chi connectivity index (χ0) is 19.0. The van der Waals surface area contributed by atoms with Crippen LogP contribution in [0, 0.1) is 6.92 Å². The summed E-state index contributed by atoms with van der Waals surface area (Å²) in [6.45, 7) is 3.90. The molecule has 0 saturated carbocycles. The monoisotopic (exact) mass is 381 g/mol. The fourth-order valence-corrected chi connectivity index (χ4v) is 5.06. The lowest BCUT2D eigenvalue weighted by Crippen LogP contribution is -2.33. The maximum Gasteiger partial charge on any atom is 0.263 e. The molecule has 1 aromatic carbocycles. The van der Waals surface area contributed by atoms with Gasteiger partial charge in [-0.05, 0) is 62.3 Å². The summed E-state index contributed by atoms with van der Waals surface area (Å²) in [5.41, 5.74) is 2.88. The van der Waals surface area contributed by atoms with Crippen molar-refractivity contribution in [3.05, 3.63) is 57.0 Å². The van der Waals surface area contributed by atoms with E-state index in [1.807, 2.05) is 38.1 Å². The highest BCUT2D eigenvalue weighted by atomic mass is 32.1. The van der Waals surface area contributed by atoms with E-state index in [-0.39, 0.29) is 11.5 Å². The van der Waals surface area contributed by atoms with E-state index in [0.717, 1.165) is 46.3 Å². The number of rotatable bonds is 4. The molecule has 1 aliphatic carbocycles. The number of aromatic nitrogens is 2. The van der Waals surface area contributed by atoms with Gasteiger partial charge in [0.2, 0.25) is 5.91 Å². The Morgan fingerprint density at radius 1 is 1.33 bits per heavy atom. The molecule has 3 aromatic rings. The smallest absolute Gasteiger partial charge is 0.263 e. The van der Waals surface area contributed by atoms with Crippen LogP contribution in [0.3, 0.4) is 0 Å². The third-order valence-corrected chi connectivity index (χ3v) is 6.41. The van der Waals surface area contributed by atoms with Gasteiger partial charge in [0.1, 0.15) is 10.9 Å². The summed E-state index contributed by atoms with van der Waals surface area (Å²) >= 11 is 1.63. The average Bonchev–Trinajstić information content (AvgIpc) is 3.03. The Morgan fingerprint density at radius 2 is 2.15 bits per heavy atom. The predicted octanol–water partition coefficient (Wildman–Crippen LogP) is 4.24. The number of aryl methyl sites for hydroxylation is 3. The van der Waals surface area contributed by atoms with Gasteiger partial charge in [0.05, 0.1) is 11.7 Å². The molecule has 5 nitrogen and oxygen atoms in total. The Morgan fingerprint density at radius 3 is 2.93 bits per heavy atom. The largest absolute Gasteiger partial charge is 0.324 e. The molecule has 2 heterocycles. The van der Waals surface area contributed by atoms with Crippen molar-refractivity contribution in [1.29, 1.82) is 0 Å². The van der Waals surface area contributed by atoms with Crippen molar-refractivity contribution in [3.63, 3.8) is 0 Å². The van der Waals surface area contributed by atoms with Crippen LogP contribution in [-0.2, 0) is 17.6 Å². The molecule has 0 aliphatic heterocycles. The molecule has 1 amide bonds. The summed E-state index contributed by atoms with van der Waals surface area (Å²) < 4.78 is 1.51. The van der Waals surface area contributed by atoms with Gasteiger partial charge in [-0.1, -0.05) is 19.1 Å². The van der Waals surface area contributed by atoms with Gasteiger partial charge in [0.25, 0.3) is 5.56 Å². The fourth-order valence-electron chi connectivity index (χ4n) is 3.84. The van der Waals surface area contributed by atoms with Crippen LogP contribution >= 0.6 is 11.3 Å². The van der Waals surface area contributed by atoms with Crippen LogP contribution in [0.5, 0.6) is 0 Å². The van der Waals surface area contributed by atoms with Crippen LogP contribution in [-0.4, -0.2) is 15.5 Å². The Bertz CT molecular complexity index is 1070. The standard InChI is InChI=1S/C21H23N3O2S/c1-3-16(19(25)23-14-8-6-7-13(2)11-14)24-12-22-20-18(21(24)26)15-9-4-5-10-17(15)27-20/h6-8,11-12,16H,3-5,9-10H2,1-2H3,(H,23,25). The lowest BCUT2D eigenvalue weighted by molar-refractivity contribution is -0.119. The Balaban J connectivity index is 1.71. The van der Waals surface area contributed by atoms with Crippen molar-refractivity contribution in [3.8, 4) is 0 Å². The van der Waals surface area contributed by atoms with E-state index in [1.165, 1.54) is 22.2 Å². The molecule has 0 spiro atoms. The van der Waals surface area contributed by atoms with Crippen LogP contribution in [0.4, 0.5) is 5.69 Å². The maximum atomic E-state index is 13.2. The molecule has 1 atom stereocenters. The van der Waals surface area contributed by atoms with Crippen molar-refractivity contribution in [1.82, 2.24) is 9.55 Å². The maximum absolute atomic E-state index is 13.2. The first-order chi connectivity index (χ1) is 13.1. The van der Waals surface area contributed by atoms with Crippen LogP contribution in [0.25, 0.3) is 10.2 Å². The van der Waals surface area contributed by atoms with Gasteiger partial charge in [0, 0.05) is 10.6 Å². The molecule has 6 heteroatoms. The van der Waals surface area contributed by atoms with E-state index in [1.54, 1.807) is 11.3 Å². The number of amides is 1. The number of carbonyl (C=O) groups excluding carboxylic acids is 1. The predicted molar refractivity (Wildman–Crippen MR) is 110 cm³/mol. The average molecular weight is 382 g/mol. The van der Waals surface area contributed by atoms with Gasteiger partial charge in [-0.15, -0.1) is 11.3 Å². The van der Waals surface area contributed by atoms with Crippen molar-refractivity contribution in [2.45, 2.75) is 52.0 Å². The van der Waals surface area contributed by atoms with Gasteiger partial charge < -0.3 is 5.32 Å². The minimum Gasteiger partial charge on any atom is -0.324 e. The quantitative estimate of drug-likeness (QED) is 0.735. The number of hydrogen-bond acceptors (Lipinski definition) is 4. The summed E-state index contributed by atoms with van der Waals surface area (Å²) in [5, 5.41) is 3.66. The Labute approximate surface area is 162 Å². The highest BCUT2D eigenvalue weighted by Gasteiger charge is 2.24. The minimum atomic E-state index is -0.575. The molecular weight excluding hydrogens is 358 g/mol. The first-order valence-electron chi connectivity index (χ1n) is 9.47. The Hall–Kier alpha value is -2.47. The molecule has 0 bridgehead atoms. The molecule has 1 unspecified atom stereocenters. The van der Waals surface area contributed by atoms with E-state index in [2.05, 4.69) is 10.3 Å². The summed E-state index contributed by atoms with van der Waals surface area (Å²) in [4.78, 5) is 32.7. The van der Waals surface area contributed by atoms with Crippen LogP contribution < -0.4 is 10.9 Å². The zero-order valence-corrected chi connectivity index (χ0v) is 16.4. The summed E-state index contributed by atoms with van der Waals surface area (Å²) in [5.74, 6) is -0.185. The van der Waals surface area contributed by atoms with E-state index in [9.17, 15) is 9.59 Å². The summed E-state index contributed by atoms with van der Waals surface area (Å²) in [7, 11) is 0. The number of hydrogen-bond donors (Lipinski definition) is 1. The van der Waals surface area contributed by atoms with Gasteiger partial charge in [0.15, 0.2) is 0 Å². The third kappa shape index (κ3) is 3.30. The number of anilines is 1. The highest BCUT2D eigenvalue weighted by Crippen LogP contribution is 2.33. The van der Waals surface area contributed by atoms with Gasteiger partial charge in [-0.3, -0.25) is 14.2 Å². The zero-order valence-electron chi connectivity index (χ0n) is 15.6. The third-order valence-electron chi connectivity index (χ3n) is 5.21. The Kier molecular flexibility index (Phi) is 4.83. The number of nitrogens with one attached hydrogen (secondary N) is 1. The van der Waals surface area contributed by atoms with Crippen molar-refractivity contribution < 1.29 is 4.79 Å². The molecule has 2 aromatic heterocycles. The van der Waals surface area contributed by atoms with Gasteiger partial charge in [-0.2, -0.15) is 0 Å².